The van der Waals surface area contributed by atoms with Gasteiger partial charge in [-0.1, -0.05) is 97.1 Å². The van der Waals surface area contributed by atoms with Crippen LogP contribution in [-0.4, -0.2) is 9.97 Å². The first-order chi connectivity index (χ1) is 19.3. The molecular weight excluding hydrogens is 476 g/mol. The molecule has 0 aliphatic heterocycles. The lowest BCUT2D eigenvalue weighted by molar-refractivity contribution is 0.670. The predicted molar refractivity (Wildman–Crippen MR) is 161 cm³/mol. The van der Waals surface area contributed by atoms with Crippen LogP contribution in [0.15, 0.2) is 126 Å². The zero-order chi connectivity index (χ0) is 25.5. The van der Waals surface area contributed by atoms with E-state index in [1.54, 1.807) is 0 Å². The molecule has 3 nitrogen and oxygen atoms in total. The van der Waals surface area contributed by atoms with Gasteiger partial charge in [0.05, 0.1) is 11.2 Å². The molecule has 39 heavy (non-hydrogen) atoms. The van der Waals surface area contributed by atoms with Crippen LogP contribution in [0.3, 0.4) is 0 Å². The number of benzene rings is 7. The van der Waals surface area contributed by atoms with E-state index in [9.17, 15) is 0 Å². The van der Waals surface area contributed by atoms with Gasteiger partial charge in [-0.25, -0.2) is 9.97 Å². The van der Waals surface area contributed by atoms with Gasteiger partial charge in [0.25, 0.3) is 0 Å². The van der Waals surface area contributed by atoms with Crippen LogP contribution in [0, 0.1) is 0 Å². The second-order valence-electron chi connectivity index (χ2n) is 10.2. The van der Waals surface area contributed by atoms with E-state index in [-0.39, 0.29) is 0 Å². The van der Waals surface area contributed by atoms with E-state index in [0.717, 1.165) is 50.1 Å². The number of fused-ring (bicyclic) bond motifs is 6. The molecule has 0 aliphatic carbocycles. The number of nitrogens with zero attached hydrogens (tertiary/aromatic N) is 2. The quantitative estimate of drug-likeness (QED) is 0.224. The molecule has 0 unspecified atom stereocenters. The summed E-state index contributed by atoms with van der Waals surface area (Å²) in [6.07, 6.45) is 0. The van der Waals surface area contributed by atoms with Gasteiger partial charge in [-0.3, -0.25) is 0 Å². The Morgan fingerprint density at radius 2 is 1.18 bits per heavy atom. The molecule has 0 N–H and O–H groups in total. The third-order valence-electron chi connectivity index (χ3n) is 8.00. The molecule has 0 saturated heterocycles. The van der Waals surface area contributed by atoms with Crippen molar-refractivity contribution in [1.29, 1.82) is 0 Å². The SMILES string of the molecule is c1ccc(-c2nc(-c3ccc4cc5oc6cccc7c8ccccc8c(c4c3)c5c67)c3ccccc3n2)cc1. The Hall–Kier alpha value is -5.28. The summed E-state index contributed by atoms with van der Waals surface area (Å²) in [6, 6.07) is 42.4. The molecule has 9 rings (SSSR count). The Bertz CT molecular complexity index is 2390. The van der Waals surface area contributed by atoms with Crippen LogP contribution in [0.25, 0.3) is 87.8 Å². The minimum absolute atomic E-state index is 0.733. The summed E-state index contributed by atoms with van der Waals surface area (Å²) in [5, 5.41) is 10.8. The molecule has 0 amide bonds. The molecule has 0 spiro atoms. The topological polar surface area (TPSA) is 38.9 Å². The molecule has 180 valence electrons. The number of para-hydroxylation sites is 1. The summed E-state index contributed by atoms with van der Waals surface area (Å²) >= 11 is 0. The lowest BCUT2D eigenvalue weighted by Crippen LogP contribution is -1.95. The summed E-state index contributed by atoms with van der Waals surface area (Å²) in [4.78, 5) is 10.0. The van der Waals surface area contributed by atoms with Crippen molar-refractivity contribution in [3.05, 3.63) is 121 Å². The number of hydrogen-bond donors (Lipinski definition) is 0. The molecular formula is C36H20N2O. The fourth-order valence-electron chi connectivity index (χ4n) is 6.29. The van der Waals surface area contributed by atoms with Gasteiger partial charge in [0.15, 0.2) is 5.82 Å². The molecule has 3 heteroatoms. The van der Waals surface area contributed by atoms with Gasteiger partial charge in [0.1, 0.15) is 11.2 Å². The van der Waals surface area contributed by atoms with Gasteiger partial charge in [-0.2, -0.15) is 0 Å². The monoisotopic (exact) mass is 496 g/mol. The maximum absolute atomic E-state index is 6.41. The Kier molecular flexibility index (Phi) is 4.05. The fraction of sp³-hybridized carbons (Fsp3) is 0. The standard InChI is InChI=1S/C36H20N2O/c1-2-9-21(10-3-1)36-37-29-15-7-6-13-27(29)35(38-36)23-18-17-22-20-31-34-32(28(22)19-23)25-12-5-4-11-24(25)26-14-8-16-30(39-31)33(26)34/h1-20H. The third-order valence-corrected chi connectivity index (χ3v) is 8.00. The molecule has 2 heterocycles. The lowest BCUT2D eigenvalue weighted by atomic mass is 9.90. The fourth-order valence-corrected chi connectivity index (χ4v) is 6.29. The second kappa shape index (κ2) is 7.62. The molecule has 0 radical (unpaired) electrons. The average Bonchev–Trinajstić information content (AvgIpc) is 3.38. The molecule has 7 aromatic carbocycles. The Morgan fingerprint density at radius 3 is 2.08 bits per heavy atom. The van der Waals surface area contributed by atoms with Crippen molar-refractivity contribution < 1.29 is 4.42 Å². The number of furan rings is 1. The normalized spacial score (nSPS) is 12.1. The maximum atomic E-state index is 6.41. The van der Waals surface area contributed by atoms with Crippen molar-refractivity contribution in [3.63, 3.8) is 0 Å². The first-order valence-electron chi connectivity index (χ1n) is 13.2. The predicted octanol–water partition coefficient (Wildman–Crippen LogP) is 9.76. The van der Waals surface area contributed by atoms with E-state index in [1.807, 2.05) is 24.3 Å². The molecule has 0 bridgehead atoms. The first kappa shape index (κ1) is 20.7. The highest BCUT2D eigenvalue weighted by Gasteiger charge is 2.20. The smallest absolute Gasteiger partial charge is 0.160 e. The summed E-state index contributed by atoms with van der Waals surface area (Å²) < 4.78 is 6.41. The van der Waals surface area contributed by atoms with E-state index in [2.05, 4.69) is 97.1 Å². The zero-order valence-corrected chi connectivity index (χ0v) is 20.8. The summed E-state index contributed by atoms with van der Waals surface area (Å²) in [5.41, 5.74) is 5.83. The molecule has 0 fully saturated rings. The highest BCUT2D eigenvalue weighted by Crippen LogP contribution is 2.46. The highest BCUT2D eigenvalue weighted by molar-refractivity contribution is 6.38. The summed E-state index contributed by atoms with van der Waals surface area (Å²) in [7, 11) is 0. The number of hydrogen-bond acceptors (Lipinski definition) is 3. The highest BCUT2D eigenvalue weighted by atomic mass is 16.3. The molecule has 0 saturated carbocycles. The van der Waals surface area contributed by atoms with Gasteiger partial charge in [0.2, 0.25) is 0 Å². The van der Waals surface area contributed by atoms with Gasteiger partial charge in [-0.15, -0.1) is 0 Å². The van der Waals surface area contributed by atoms with Crippen LogP contribution in [0.4, 0.5) is 0 Å². The van der Waals surface area contributed by atoms with Crippen molar-refractivity contribution in [2.75, 3.05) is 0 Å². The second-order valence-corrected chi connectivity index (χ2v) is 10.2. The van der Waals surface area contributed by atoms with Crippen LogP contribution < -0.4 is 0 Å². The van der Waals surface area contributed by atoms with E-state index in [4.69, 9.17) is 14.4 Å². The molecule has 0 aliphatic rings. The van der Waals surface area contributed by atoms with E-state index < -0.39 is 0 Å². The van der Waals surface area contributed by atoms with Gasteiger partial charge >= 0.3 is 0 Å². The number of rotatable bonds is 2. The summed E-state index contributed by atoms with van der Waals surface area (Å²) in [5.74, 6) is 0.733. The Morgan fingerprint density at radius 1 is 0.436 bits per heavy atom. The van der Waals surface area contributed by atoms with Gasteiger partial charge in [-0.05, 0) is 51.2 Å². The minimum Gasteiger partial charge on any atom is -0.456 e. The summed E-state index contributed by atoms with van der Waals surface area (Å²) in [6.45, 7) is 0. The lowest BCUT2D eigenvalue weighted by Gasteiger charge is -2.13. The minimum atomic E-state index is 0.733. The van der Waals surface area contributed by atoms with Crippen molar-refractivity contribution >= 4 is 65.2 Å². The first-order valence-corrected chi connectivity index (χ1v) is 13.2. The van der Waals surface area contributed by atoms with Crippen molar-refractivity contribution in [1.82, 2.24) is 9.97 Å². The maximum Gasteiger partial charge on any atom is 0.160 e. The average molecular weight is 497 g/mol. The van der Waals surface area contributed by atoms with Crippen molar-refractivity contribution in [2.24, 2.45) is 0 Å². The molecule has 9 aromatic rings. The van der Waals surface area contributed by atoms with Crippen LogP contribution >= 0.6 is 0 Å². The Labute approximate surface area is 223 Å². The van der Waals surface area contributed by atoms with Crippen LogP contribution in [0.5, 0.6) is 0 Å². The van der Waals surface area contributed by atoms with Crippen molar-refractivity contribution in [3.8, 4) is 22.6 Å². The zero-order valence-electron chi connectivity index (χ0n) is 20.8. The molecule has 2 aromatic heterocycles. The van der Waals surface area contributed by atoms with Gasteiger partial charge < -0.3 is 4.42 Å². The Balaban J connectivity index is 1.42. The van der Waals surface area contributed by atoms with Crippen LogP contribution in [0.1, 0.15) is 0 Å². The van der Waals surface area contributed by atoms with E-state index in [1.165, 1.54) is 37.7 Å². The van der Waals surface area contributed by atoms with E-state index in [0.29, 0.717) is 0 Å². The van der Waals surface area contributed by atoms with Crippen molar-refractivity contribution in [2.45, 2.75) is 0 Å². The number of aromatic nitrogens is 2. The third kappa shape index (κ3) is 2.87. The van der Waals surface area contributed by atoms with Crippen LogP contribution in [-0.2, 0) is 0 Å². The van der Waals surface area contributed by atoms with Gasteiger partial charge in [0, 0.05) is 32.7 Å². The largest absolute Gasteiger partial charge is 0.456 e. The van der Waals surface area contributed by atoms with Crippen LogP contribution in [0.2, 0.25) is 0 Å². The van der Waals surface area contributed by atoms with E-state index >= 15 is 0 Å². The molecule has 0 atom stereocenters.